The van der Waals surface area contributed by atoms with Crippen LogP contribution >= 0.6 is 0 Å². The van der Waals surface area contributed by atoms with Crippen molar-refractivity contribution in [1.29, 1.82) is 0 Å². The SMILES string of the molecule is Cc1cccc(C2C=C(c3ccccc3)CC2)c1. The number of hydrogen-bond donors (Lipinski definition) is 0. The van der Waals surface area contributed by atoms with E-state index in [1.54, 1.807) is 0 Å². The summed E-state index contributed by atoms with van der Waals surface area (Å²) >= 11 is 0. The molecule has 1 aliphatic rings. The maximum absolute atomic E-state index is 2.45. The van der Waals surface area contributed by atoms with Gasteiger partial charge in [-0.2, -0.15) is 0 Å². The first-order chi connectivity index (χ1) is 8.83. The van der Waals surface area contributed by atoms with Gasteiger partial charge in [0.1, 0.15) is 0 Å². The topological polar surface area (TPSA) is 0 Å². The molecule has 1 aliphatic carbocycles. The van der Waals surface area contributed by atoms with Gasteiger partial charge in [-0.15, -0.1) is 0 Å². The van der Waals surface area contributed by atoms with Crippen molar-refractivity contribution in [2.45, 2.75) is 25.7 Å². The number of rotatable bonds is 2. The van der Waals surface area contributed by atoms with Crippen LogP contribution in [0, 0.1) is 6.92 Å². The minimum Gasteiger partial charge on any atom is -0.0732 e. The Bertz CT molecular complexity index is 564. The van der Waals surface area contributed by atoms with Crippen LogP contribution in [-0.4, -0.2) is 0 Å². The number of allylic oxidation sites excluding steroid dienone is 2. The van der Waals surface area contributed by atoms with E-state index in [0.29, 0.717) is 5.92 Å². The molecule has 0 nitrogen and oxygen atoms in total. The van der Waals surface area contributed by atoms with Gasteiger partial charge in [0.2, 0.25) is 0 Å². The molecule has 3 rings (SSSR count). The van der Waals surface area contributed by atoms with Crippen molar-refractivity contribution in [2.24, 2.45) is 0 Å². The molecular weight excluding hydrogens is 216 g/mol. The average molecular weight is 234 g/mol. The first-order valence-electron chi connectivity index (χ1n) is 6.65. The molecule has 0 saturated carbocycles. The van der Waals surface area contributed by atoms with Gasteiger partial charge in [-0.25, -0.2) is 0 Å². The second kappa shape index (κ2) is 4.81. The average Bonchev–Trinajstić information content (AvgIpc) is 2.89. The summed E-state index contributed by atoms with van der Waals surface area (Å²) in [6.45, 7) is 2.17. The zero-order chi connectivity index (χ0) is 12.4. The smallest absolute Gasteiger partial charge is 0.00272 e. The summed E-state index contributed by atoms with van der Waals surface area (Å²) in [5.41, 5.74) is 5.70. The predicted octanol–water partition coefficient (Wildman–Crippen LogP) is 4.96. The molecule has 0 aromatic heterocycles. The maximum Gasteiger partial charge on any atom is 0.00272 e. The van der Waals surface area contributed by atoms with Crippen LogP contribution in [0.5, 0.6) is 0 Å². The number of aryl methyl sites for hydroxylation is 1. The van der Waals surface area contributed by atoms with E-state index in [1.807, 2.05) is 0 Å². The molecule has 0 aliphatic heterocycles. The Balaban J connectivity index is 1.88. The fraction of sp³-hybridized carbons (Fsp3) is 0.222. The first kappa shape index (κ1) is 11.3. The summed E-state index contributed by atoms with van der Waals surface area (Å²) in [7, 11) is 0. The van der Waals surface area contributed by atoms with E-state index < -0.39 is 0 Å². The van der Waals surface area contributed by atoms with Crippen molar-refractivity contribution in [2.75, 3.05) is 0 Å². The lowest BCUT2D eigenvalue weighted by Gasteiger charge is -2.07. The molecule has 2 aromatic carbocycles. The number of hydrogen-bond acceptors (Lipinski definition) is 0. The van der Waals surface area contributed by atoms with Crippen molar-refractivity contribution in [3.8, 4) is 0 Å². The molecule has 0 amide bonds. The van der Waals surface area contributed by atoms with E-state index >= 15 is 0 Å². The molecule has 90 valence electrons. The summed E-state index contributed by atoms with van der Waals surface area (Å²) in [6, 6.07) is 19.6. The van der Waals surface area contributed by atoms with E-state index in [-0.39, 0.29) is 0 Å². The highest BCUT2D eigenvalue weighted by atomic mass is 14.2. The molecule has 0 radical (unpaired) electrons. The van der Waals surface area contributed by atoms with Gasteiger partial charge in [0, 0.05) is 5.92 Å². The lowest BCUT2D eigenvalue weighted by atomic mass is 9.97. The van der Waals surface area contributed by atoms with Gasteiger partial charge in [-0.1, -0.05) is 66.2 Å². The molecule has 1 unspecified atom stereocenters. The monoisotopic (exact) mass is 234 g/mol. The zero-order valence-electron chi connectivity index (χ0n) is 10.8. The molecule has 1 atom stereocenters. The van der Waals surface area contributed by atoms with Gasteiger partial charge in [0.05, 0.1) is 0 Å². The third-order valence-electron chi connectivity index (χ3n) is 3.74. The van der Waals surface area contributed by atoms with Crippen LogP contribution in [0.4, 0.5) is 0 Å². The van der Waals surface area contributed by atoms with Crippen molar-refractivity contribution >= 4 is 5.57 Å². The summed E-state index contributed by atoms with van der Waals surface area (Å²) in [6.07, 6.45) is 4.89. The molecule has 0 heterocycles. The molecule has 0 spiro atoms. The summed E-state index contributed by atoms with van der Waals surface area (Å²) < 4.78 is 0. The summed E-state index contributed by atoms with van der Waals surface area (Å²) in [4.78, 5) is 0. The third-order valence-corrected chi connectivity index (χ3v) is 3.74. The van der Waals surface area contributed by atoms with Crippen molar-refractivity contribution < 1.29 is 0 Å². The number of benzene rings is 2. The largest absolute Gasteiger partial charge is 0.0732 e. The lowest BCUT2D eigenvalue weighted by molar-refractivity contribution is 0.802. The molecule has 0 fully saturated rings. The maximum atomic E-state index is 2.45. The Morgan fingerprint density at radius 2 is 1.78 bits per heavy atom. The van der Waals surface area contributed by atoms with Crippen molar-refractivity contribution in [3.63, 3.8) is 0 Å². The van der Waals surface area contributed by atoms with Gasteiger partial charge in [-0.3, -0.25) is 0 Å². The Kier molecular flexibility index (Phi) is 3.02. The van der Waals surface area contributed by atoms with Gasteiger partial charge in [0.15, 0.2) is 0 Å². The second-order valence-electron chi connectivity index (χ2n) is 5.12. The fourth-order valence-corrected chi connectivity index (χ4v) is 2.78. The molecule has 0 heteroatoms. The first-order valence-corrected chi connectivity index (χ1v) is 6.65. The second-order valence-corrected chi connectivity index (χ2v) is 5.12. The highest BCUT2D eigenvalue weighted by molar-refractivity contribution is 5.68. The predicted molar refractivity (Wildman–Crippen MR) is 77.6 cm³/mol. The van der Waals surface area contributed by atoms with E-state index in [0.717, 1.165) is 0 Å². The fourth-order valence-electron chi connectivity index (χ4n) is 2.78. The summed E-state index contributed by atoms with van der Waals surface area (Å²) in [5.74, 6) is 0.597. The van der Waals surface area contributed by atoms with Crippen LogP contribution in [0.25, 0.3) is 5.57 Å². The lowest BCUT2D eigenvalue weighted by Crippen LogP contribution is -1.90. The highest BCUT2D eigenvalue weighted by Gasteiger charge is 2.18. The van der Waals surface area contributed by atoms with Crippen LogP contribution in [0.1, 0.15) is 35.4 Å². The van der Waals surface area contributed by atoms with E-state index in [2.05, 4.69) is 67.6 Å². The van der Waals surface area contributed by atoms with E-state index in [1.165, 1.54) is 35.1 Å². The van der Waals surface area contributed by atoms with Gasteiger partial charge in [0.25, 0.3) is 0 Å². The highest BCUT2D eigenvalue weighted by Crippen LogP contribution is 2.37. The van der Waals surface area contributed by atoms with Gasteiger partial charge in [-0.05, 0) is 36.5 Å². The Labute approximate surface area is 109 Å². The third kappa shape index (κ3) is 2.24. The Morgan fingerprint density at radius 3 is 2.56 bits per heavy atom. The molecule has 18 heavy (non-hydrogen) atoms. The van der Waals surface area contributed by atoms with Gasteiger partial charge < -0.3 is 0 Å². The molecule has 0 saturated heterocycles. The molecule has 2 aromatic rings. The van der Waals surface area contributed by atoms with Gasteiger partial charge >= 0.3 is 0 Å². The van der Waals surface area contributed by atoms with E-state index in [9.17, 15) is 0 Å². The minimum atomic E-state index is 0.597. The van der Waals surface area contributed by atoms with Crippen LogP contribution in [0.3, 0.4) is 0 Å². The Morgan fingerprint density at radius 1 is 0.944 bits per heavy atom. The molecule has 0 bridgehead atoms. The quantitative estimate of drug-likeness (QED) is 0.689. The molecule has 0 N–H and O–H groups in total. The standard InChI is InChI=1S/C18H18/c1-14-6-5-9-16(12-14)18-11-10-17(13-18)15-7-3-2-4-8-15/h2-9,12-13,18H,10-11H2,1H3. The van der Waals surface area contributed by atoms with E-state index in [4.69, 9.17) is 0 Å². The van der Waals surface area contributed by atoms with Crippen LogP contribution in [0.2, 0.25) is 0 Å². The zero-order valence-corrected chi connectivity index (χ0v) is 10.8. The molecular formula is C18H18. The van der Waals surface area contributed by atoms with Crippen LogP contribution < -0.4 is 0 Å². The minimum absolute atomic E-state index is 0.597. The van der Waals surface area contributed by atoms with Crippen molar-refractivity contribution in [3.05, 3.63) is 77.4 Å². The van der Waals surface area contributed by atoms with Crippen LogP contribution in [-0.2, 0) is 0 Å². The van der Waals surface area contributed by atoms with Crippen molar-refractivity contribution in [1.82, 2.24) is 0 Å². The van der Waals surface area contributed by atoms with Crippen LogP contribution in [0.15, 0.2) is 60.7 Å². The normalized spacial score (nSPS) is 18.7. The summed E-state index contributed by atoms with van der Waals surface area (Å²) in [5, 5.41) is 0. The Hall–Kier alpha value is -1.82.